The standard InChI is InChI=1S/C15H19NO4/c1-9(11-4-3-5-12(8-11)20-2)14(17)16-13(15(18)19)10-6-7-10/h3-5,8-10,13H,6-7H2,1-2H3,(H,16,17)(H,18,19). The molecular formula is C15H19NO4. The summed E-state index contributed by atoms with van der Waals surface area (Å²) in [6.07, 6.45) is 1.73. The normalized spacial score (nSPS) is 17.1. The smallest absolute Gasteiger partial charge is 0.326 e. The Bertz CT molecular complexity index is 510. The third kappa shape index (κ3) is 3.29. The van der Waals surface area contributed by atoms with Gasteiger partial charge >= 0.3 is 5.97 Å². The average molecular weight is 277 g/mol. The number of aliphatic carboxylic acids is 1. The zero-order chi connectivity index (χ0) is 14.7. The molecule has 2 atom stereocenters. The van der Waals surface area contributed by atoms with Gasteiger partial charge in [-0.05, 0) is 43.4 Å². The van der Waals surface area contributed by atoms with E-state index in [0.717, 1.165) is 18.4 Å². The molecule has 0 heterocycles. The molecule has 5 heteroatoms. The number of amides is 1. The van der Waals surface area contributed by atoms with Crippen LogP contribution in [0.1, 0.15) is 31.2 Å². The van der Waals surface area contributed by atoms with E-state index in [0.29, 0.717) is 5.75 Å². The molecule has 2 unspecified atom stereocenters. The van der Waals surface area contributed by atoms with Crippen molar-refractivity contribution in [3.05, 3.63) is 29.8 Å². The fraction of sp³-hybridized carbons (Fsp3) is 0.467. The highest BCUT2D eigenvalue weighted by molar-refractivity contribution is 5.88. The van der Waals surface area contributed by atoms with Crippen LogP contribution < -0.4 is 10.1 Å². The van der Waals surface area contributed by atoms with Crippen LogP contribution in [0.25, 0.3) is 0 Å². The van der Waals surface area contributed by atoms with E-state index in [1.165, 1.54) is 0 Å². The molecule has 0 radical (unpaired) electrons. The summed E-state index contributed by atoms with van der Waals surface area (Å²) in [5.41, 5.74) is 0.807. The van der Waals surface area contributed by atoms with Crippen molar-refractivity contribution in [1.29, 1.82) is 0 Å². The zero-order valence-corrected chi connectivity index (χ0v) is 11.6. The maximum absolute atomic E-state index is 12.2. The Kier molecular flexibility index (Phi) is 4.27. The molecule has 0 bridgehead atoms. The second kappa shape index (κ2) is 5.94. The van der Waals surface area contributed by atoms with Crippen LogP contribution in [0.2, 0.25) is 0 Å². The predicted molar refractivity (Wildman–Crippen MR) is 73.7 cm³/mol. The number of nitrogens with one attached hydrogen (secondary N) is 1. The van der Waals surface area contributed by atoms with Gasteiger partial charge in [-0.3, -0.25) is 4.79 Å². The minimum atomic E-state index is -0.960. The van der Waals surface area contributed by atoms with E-state index in [1.807, 2.05) is 12.1 Å². The van der Waals surface area contributed by atoms with Crippen molar-refractivity contribution in [2.24, 2.45) is 5.92 Å². The Morgan fingerprint density at radius 2 is 2.10 bits per heavy atom. The van der Waals surface area contributed by atoms with E-state index in [-0.39, 0.29) is 11.8 Å². The summed E-state index contributed by atoms with van der Waals surface area (Å²) in [5.74, 6) is -0.880. The summed E-state index contributed by atoms with van der Waals surface area (Å²) >= 11 is 0. The molecule has 1 aromatic rings. The van der Waals surface area contributed by atoms with Crippen LogP contribution in [-0.4, -0.2) is 30.1 Å². The van der Waals surface area contributed by atoms with Gasteiger partial charge in [0.25, 0.3) is 0 Å². The third-order valence-corrected chi connectivity index (χ3v) is 3.64. The van der Waals surface area contributed by atoms with Gasteiger partial charge in [0.2, 0.25) is 5.91 Å². The lowest BCUT2D eigenvalue weighted by molar-refractivity contribution is -0.142. The topological polar surface area (TPSA) is 75.6 Å². The van der Waals surface area contributed by atoms with Gasteiger partial charge in [0.05, 0.1) is 13.0 Å². The molecule has 2 rings (SSSR count). The van der Waals surface area contributed by atoms with Crippen molar-refractivity contribution in [3.8, 4) is 5.75 Å². The molecule has 0 spiro atoms. The quantitative estimate of drug-likeness (QED) is 0.831. The van der Waals surface area contributed by atoms with Crippen LogP contribution in [0, 0.1) is 5.92 Å². The number of hydrogen-bond donors (Lipinski definition) is 2. The number of benzene rings is 1. The van der Waals surface area contributed by atoms with Crippen molar-refractivity contribution < 1.29 is 19.4 Å². The lowest BCUT2D eigenvalue weighted by Crippen LogP contribution is -2.44. The Morgan fingerprint density at radius 3 is 2.65 bits per heavy atom. The number of methoxy groups -OCH3 is 1. The van der Waals surface area contributed by atoms with Gasteiger partial charge < -0.3 is 15.2 Å². The van der Waals surface area contributed by atoms with E-state index in [4.69, 9.17) is 9.84 Å². The lowest BCUT2D eigenvalue weighted by Gasteiger charge is -2.18. The third-order valence-electron chi connectivity index (χ3n) is 3.64. The average Bonchev–Trinajstić information content (AvgIpc) is 3.27. The summed E-state index contributed by atoms with van der Waals surface area (Å²) in [6.45, 7) is 1.76. The van der Waals surface area contributed by atoms with E-state index in [2.05, 4.69) is 5.32 Å². The molecule has 0 saturated heterocycles. The number of carboxylic acid groups (broad SMARTS) is 1. The van der Waals surface area contributed by atoms with Gasteiger partial charge in [-0.1, -0.05) is 12.1 Å². The molecule has 1 aliphatic carbocycles. The predicted octanol–water partition coefficient (Wildman–Crippen LogP) is 1.78. The lowest BCUT2D eigenvalue weighted by atomic mass is 9.99. The second-order valence-electron chi connectivity index (χ2n) is 5.16. The SMILES string of the molecule is COc1cccc(C(C)C(=O)NC(C(=O)O)C2CC2)c1. The van der Waals surface area contributed by atoms with E-state index in [1.54, 1.807) is 26.2 Å². The van der Waals surface area contributed by atoms with Crippen LogP contribution in [0.15, 0.2) is 24.3 Å². The van der Waals surface area contributed by atoms with Gasteiger partial charge in [0, 0.05) is 0 Å². The Labute approximate surface area is 117 Å². The molecule has 0 aliphatic heterocycles. The summed E-state index contributed by atoms with van der Waals surface area (Å²) in [7, 11) is 1.57. The summed E-state index contributed by atoms with van der Waals surface area (Å²) in [6, 6.07) is 6.47. The molecule has 2 N–H and O–H groups in total. The fourth-order valence-corrected chi connectivity index (χ4v) is 2.15. The summed E-state index contributed by atoms with van der Waals surface area (Å²) < 4.78 is 5.13. The second-order valence-corrected chi connectivity index (χ2v) is 5.16. The molecule has 1 aliphatic rings. The van der Waals surface area contributed by atoms with Crippen molar-refractivity contribution >= 4 is 11.9 Å². The minimum absolute atomic E-state index is 0.0777. The molecular weight excluding hydrogens is 258 g/mol. The molecule has 1 saturated carbocycles. The molecule has 1 aromatic carbocycles. The highest BCUT2D eigenvalue weighted by Gasteiger charge is 2.37. The zero-order valence-electron chi connectivity index (χ0n) is 11.6. The number of hydrogen-bond acceptors (Lipinski definition) is 3. The highest BCUT2D eigenvalue weighted by Crippen LogP contribution is 2.33. The van der Waals surface area contributed by atoms with Crippen LogP contribution in [-0.2, 0) is 9.59 Å². The van der Waals surface area contributed by atoms with Crippen molar-refractivity contribution in [2.45, 2.75) is 31.7 Å². The Balaban J connectivity index is 2.05. The molecule has 0 aromatic heterocycles. The maximum atomic E-state index is 12.2. The number of carboxylic acids is 1. The van der Waals surface area contributed by atoms with Crippen molar-refractivity contribution in [2.75, 3.05) is 7.11 Å². The van der Waals surface area contributed by atoms with Gasteiger partial charge in [-0.25, -0.2) is 4.79 Å². The van der Waals surface area contributed by atoms with Gasteiger partial charge in [0.15, 0.2) is 0 Å². The number of carbonyl (C=O) groups excluding carboxylic acids is 1. The fourth-order valence-electron chi connectivity index (χ4n) is 2.15. The maximum Gasteiger partial charge on any atom is 0.326 e. The van der Waals surface area contributed by atoms with Gasteiger partial charge in [-0.15, -0.1) is 0 Å². The number of carbonyl (C=O) groups is 2. The molecule has 20 heavy (non-hydrogen) atoms. The largest absolute Gasteiger partial charge is 0.497 e. The first-order chi connectivity index (χ1) is 9.52. The van der Waals surface area contributed by atoms with E-state index < -0.39 is 17.9 Å². The number of rotatable bonds is 6. The molecule has 5 nitrogen and oxygen atoms in total. The number of ether oxygens (including phenoxy) is 1. The molecule has 1 amide bonds. The van der Waals surface area contributed by atoms with Crippen molar-refractivity contribution in [3.63, 3.8) is 0 Å². The summed E-state index contributed by atoms with van der Waals surface area (Å²) in [5, 5.41) is 11.8. The first-order valence-corrected chi connectivity index (χ1v) is 6.70. The molecule has 1 fully saturated rings. The van der Waals surface area contributed by atoms with E-state index in [9.17, 15) is 9.59 Å². The molecule has 108 valence electrons. The van der Waals surface area contributed by atoms with Crippen LogP contribution >= 0.6 is 0 Å². The van der Waals surface area contributed by atoms with E-state index >= 15 is 0 Å². The van der Waals surface area contributed by atoms with Crippen LogP contribution in [0.4, 0.5) is 0 Å². The highest BCUT2D eigenvalue weighted by atomic mass is 16.5. The Morgan fingerprint density at radius 1 is 1.40 bits per heavy atom. The summed E-state index contributed by atoms with van der Waals surface area (Å²) in [4.78, 5) is 23.3. The Hall–Kier alpha value is -2.04. The monoisotopic (exact) mass is 277 g/mol. The minimum Gasteiger partial charge on any atom is -0.497 e. The van der Waals surface area contributed by atoms with Gasteiger partial charge in [0.1, 0.15) is 11.8 Å². The first kappa shape index (κ1) is 14.4. The van der Waals surface area contributed by atoms with Crippen LogP contribution in [0.3, 0.4) is 0 Å². The van der Waals surface area contributed by atoms with Gasteiger partial charge in [-0.2, -0.15) is 0 Å². The van der Waals surface area contributed by atoms with Crippen molar-refractivity contribution in [1.82, 2.24) is 5.32 Å². The van der Waals surface area contributed by atoms with Crippen LogP contribution in [0.5, 0.6) is 5.75 Å². The first-order valence-electron chi connectivity index (χ1n) is 6.70.